The SMILES string of the molecule is Cc1ccc(-c2csc(NC(=O)c3ccn4cncc4c3)n2)cc1C. The average molecular weight is 348 g/mol. The first-order chi connectivity index (χ1) is 12.1. The van der Waals surface area contributed by atoms with E-state index in [-0.39, 0.29) is 5.91 Å². The van der Waals surface area contributed by atoms with Crippen molar-refractivity contribution in [3.05, 3.63) is 71.1 Å². The normalized spacial score (nSPS) is 11.0. The number of hydrogen-bond donors (Lipinski definition) is 1. The Kier molecular flexibility index (Phi) is 3.82. The molecular weight excluding hydrogens is 332 g/mol. The number of rotatable bonds is 3. The van der Waals surface area contributed by atoms with Gasteiger partial charge in [-0.25, -0.2) is 9.97 Å². The number of anilines is 1. The standard InChI is InChI=1S/C19H16N4OS/c1-12-3-4-14(7-13(12)2)17-10-25-19(21-17)22-18(24)15-5-6-23-11-20-9-16(23)8-15/h3-11H,1-2H3,(H,21,22,24). The van der Waals surface area contributed by atoms with Crippen molar-refractivity contribution in [3.63, 3.8) is 0 Å². The molecule has 0 unspecified atom stereocenters. The van der Waals surface area contributed by atoms with Gasteiger partial charge in [0.1, 0.15) is 0 Å². The predicted molar refractivity (Wildman–Crippen MR) is 100 cm³/mol. The van der Waals surface area contributed by atoms with Crippen LogP contribution in [0.15, 0.2) is 54.4 Å². The van der Waals surface area contributed by atoms with Crippen molar-refractivity contribution in [3.8, 4) is 11.3 Å². The molecule has 1 N–H and O–H groups in total. The summed E-state index contributed by atoms with van der Waals surface area (Å²) in [5, 5.41) is 5.42. The van der Waals surface area contributed by atoms with Crippen molar-refractivity contribution in [2.24, 2.45) is 0 Å². The Morgan fingerprint density at radius 2 is 2.04 bits per heavy atom. The maximum Gasteiger partial charge on any atom is 0.257 e. The number of carbonyl (C=O) groups excluding carboxylic acids is 1. The zero-order chi connectivity index (χ0) is 17.4. The summed E-state index contributed by atoms with van der Waals surface area (Å²) >= 11 is 1.42. The van der Waals surface area contributed by atoms with E-state index in [0.29, 0.717) is 10.7 Å². The highest BCUT2D eigenvalue weighted by Gasteiger charge is 2.11. The van der Waals surface area contributed by atoms with Crippen LogP contribution >= 0.6 is 11.3 Å². The number of thiazole rings is 1. The van der Waals surface area contributed by atoms with Crippen LogP contribution in [-0.2, 0) is 0 Å². The van der Waals surface area contributed by atoms with Crippen molar-refractivity contribution in [2.45, 2.75) is 13.8 Å². The first-order valence-electron chi connectivity index (χ1n) is 7.86. The van der Waals surface area contributed by atoms with Gasteiger partial charge in [0.25, 0.3) is 5.91 Å². The number of nitrogens with zero attached hydrogens (tertiary/aromatic N) is 3. The summed E-state index contributed by atoms with van der Waals surface area (Å²) in [6.45, 7) is 4.17. The summed E-state index contributed by atoms with van der Waals surface area (Å²) in [7, 11) is 0. The van der Waals surface area contributed by atoms with Crippen LogP contribution in [0.2, 0.25) is 0 Å². The molecule has 5 nitrogen and oxygen atoms in total. The van der Waals surface area contributed by atoms with E-state index in [9.17, 15) is 4.79 Å². The molecule has 0 saturated heterocycles. The van der Waals surface area contributed by atoms with Crippen LogP contribution < -0.4 is 5.32 Å². The molecule has 0 bridgehead atoms. The molecule has 0 atom stereocenters. The third-order valence-corrected chi connectivity index (χ3v) is 4.96. The molecule has 124 valence electrons. The summed E-state index contributed by atoms with van der Waals surface area (Å²) < 4.78 is 1.86. The summed E-state index contributed by atoms with van der Waals surface area (Å²) in [5.41, 5.74) is 5.86. The molecule has 0 aliphatic heterocycles. The Bertz CT molecular complexity index is 1080. The molecular formula is C19H16N4OS. The molecule has 0 saturated carbocycles. The van der Waals surface area contributed by atoms with E-state index < -0.39 is 0 Å². The zero-order valence-corrected chi connectivity index (χ0v) is 14.7. The van der Waals surface area contributed by atoms with Gasteiger partial charge in [-0.1, -0.05) is 12.1 Å². The van der Waals surface area contributed by atoms with Crippen molar-refractivity contribution in [1.82, 2.24) is 14.4 Å². The molecule has 4 rings (SSSR count). The summed E-state index contributed by atoms with van der Waals surface area (Å²) in [5.74, 6) is -0.176. The molecule has 0 fully saturated rings. The fraction of sp³-hybridized carbons (Fsp3) is 0.105. The predicted octanol–water partition coefficient (Wildman–Crippen LogP) is 4.33. The van der Waals surface area contributed by atoms with E-state index >= 15 is 0 Å². The summed E-state index contributed by atoms with van der Waals surface area (Å²) in [6, 6.07) is 9.82. The fourth-order valence-corrected chi connectivity index (χ4v) is 3.31. The van der Waals surface area contributed by atoms with Gasteiger partial charge < -0.3 is 4.40 Å². The maximum absolute atomic E-state index is 12.5. The van der Waals surface area contributed by atoms with E-state index in [1.54, 1.807) is 24.7 Å². The van der Waals surface area contributed by atoms with Gasteiger partial charge in [0.15, 0.2) is 5.13 Å². The number of aromatic nitrogens is 3. The monoisotopic (exact) mass is 348 g/mol. The van der Waals surface area contributed by atoms with Gasteiger partial charge in [-0.2, -0.15) is 0 Å². The maximum atomic E-state index is 12.5. The van der Waals surface area contributed by atoms with E-state index in [2.05, 4.69) is 47.3 Å². The minimum Gasteiger partial charge on any atom is -0.306 e. The van der Waals surface area contributed by atoms with Crippen molar-refractivity contribution >= 4 is 27.9 Å². The van der Waals surface area contributed by atoms with Crippen LogP contribution in [0.25, 0.3) is 16.8 Å². The lowest BCUT2D eigenvalue weighted by Gasteiger charge is -2.03. The third kappa shape index (κ3) is 3.04. The lowest BCUT2D eigenvalue weighted by molar-refractivity contribution is 0.102. The van der Waals surface area contributed by atoms with Gasteiger partial charge in [-0.15, -0.1) is 11.3 Å². The second kappa shape index (κ2) is 6.14. The zero-order valence-electron chi connectivity index (χ0n) is 13.9. The molecule has 1 amide bonds. The molecule has 3 aromatic heterocycles. The summed E-state index contributed by atoms with van der Waals surface area (Å²) in [4.78, 5) is 21.0. The van der Waals surface area contributed by atoms with Gasteiger partial charge in [-0.3, -0.25) is 10.1 Å². The number of hydrogen-bond acceptors (Lipinski definition) is 4. The Morgan fingerprint density at radius 1 is 1.16 bits per heavy atom. The van der Waals surface area contributed by atoms with Crippen LogP contribution in [0.1, 0.15) is 21.5 Å². The van der Waals surface area contributed by atoms with E-state index in [1.807, 2.05) is 16.0 Å². The lowest BCUT2D eigenvalue weighted by atomic mass is 10.1. The van der Waals surface area contributed by atoms with Crippen LogP contribution in [0.5, 0.6) is 0 Å². The van der Waals surface area contributed by atoms with Gasteiger partial charge in [0.2, 0.25) is 0 Å². The molecule has 0 spiro atoms. The number of amides is 1. The van der Waals surface area contributed by atoms with Crippen LogP contribution in [-0.4, -0.2) is 20.3 Å². The van der Waals surface area contributed by atoms with Crippen molar-refractivity contribution in [2.75, 3.05) is 5.32 Å². The van der Waals surface area contributed by atoms with E-state index in [0.717, 1.165) is 16.8 Å². The lowest BCUT2D eigenvalue weighted by Crippen LogP contribution is -2.11. The number of nitrogens with one attached hydrogen (secondary N) is 1. The average Bonchev–Trinajstić information content (AvgIpc) is 3.25. The highest BCUT2D eigenvalue weighted by molar-refractivity contribution is 7.14. The Balaban J connectivity index is 1.55. The number of fused-ring (bicyclic) bond motifs is 1. The smallest absolute Gasteiger partial charge is 0.257 e. The molecule has 3 heterocycles. The molecule has 0 aliphatic carbocycles. The van der Waals surface area contributed by atoms with E-state index in [1.165, 1.54) is 22.5 Å². The Hall–Kier alpha value is -2.99. The van der Waals surface area contributed by atoms with Gasteiger partial charge >= 0.3 is 0 Å². The number of aryl methyl sites for hydroxylation is 2. The minimum atomic E-state index is -0.176. The van der Waals surface area contributed by atoms with E-state index in [4.69, 9.17) is 0 Å². The largest absolute Gasteiger partial charge is 0.306 e. The number of benzene rings is 1. The van der Waals surface area contributed by atoms with Gasteiger partial charge in [-0.05, 0) is 43.2 Å². The molecule has 0 aliphatic rings. The number of imidazole rings is 1. The molecule has 0 radical (unpaired) electrons. The first kappa shape index (κ1) is 15.5. The number of carbonyl (C=O) groups is 1. The van der Waals surface area contributed by atoms with Crippen LogP contribution in [0, 0.1) is 13.8 Å². The molecule has 1 aromatic carbocycles. The van der Waals surface area contributed by atoms with Crippen molar-refractivity contribution in [1.29, 1.82) is 0 Å². The van der Waals surface area contributed by atoms with Gasteiger partial charge in [0.05, 0.1) is 23.7 Å². The number of pyridine rings is 1. The second-order valence-corrected chi connectivity index (χ2v) is 6.79. The minimum absolute atomic E-state index is 0.176. The van der Waals surface area contributed by atoms with Crippen LogP contribution in [0.3, 0.4) is 0 Å². The third-order valence-electron chi connectivity index (χ3n) is 4.20. The fourth-order valence-electron chi connectivity index (χ4n) is 2.59. The molecule has 6 heteroatoms. The quantitative estimate of drug-likeness (QED) is 0.599. The molecule has 25 heavy (non-hydrogen) atoms. The molecule has 4 aromatic rings. The first-order valence-corrected chi connectivity index (χ1v) is 8.74. The highest BCUT2D eigenvalue weighted by atomic mass is 32.1. The van der Waals surface area contributed by atoms with Crippen molar-refractivity contribution < 1.29 is 4.79 Å². The summed E-state index contributed by atoms with van der Waals surface area (Å²) in [6.07, 6.45) is 5.24. The van der Waals surface area contributed by atoms with Gasteiger partial charge in [0, 0.05) is 22.7 Å². The second-order valence-electron chi connectivity index (χ2n) is 5.93. The topological polar surface area (TPSA) is 59.3 Å². The van der Waals surface area contributed by atoms with Crippen LogP contribution in [0.4, 0.5) is 5.13 Å². The Labute approximate surface area is 149 Å². The Morgan fingerprint density at radius 3 is 2.88 bits per heavy atom. The highest BCUT2D eigenvalue weighted by Crippen LogP contribution is 2.26.